The molecule has 1 nitrogen and oxygen atoms in total. The van der Waals surface area contributed by atoms with Crippen LogP contribution in [0.15, 0.2) is 194 Å². The Morgan fingerprint density at radius 2 is 1.00 bits per heavy atom. The first kappa shape index (κ1) is 29.1. The van der Waals surface area contributed by atoms with Gasteiger partial charge < -0.3 is 4.74 Å². The van der Waals surface area contributed by atoms with Gasteiger partial charge in [-0.3, -0.25) is 0 Å². The van der Waals surface area contributed by atoms with Crippen molar-refractivity contribution in [3.8, 4) is 56.0 Å². The van der Waals surface area contributed by atoms with Gasteiger partial charge in [0.2, 0.25) is 0 Å². The minimum atomic E-state index is -0.493. The van der Waals surface area contributed by atoms with E-state index in [-0.39, 0.29) is 0 Å². The van der Waals surface area contributed by atoms with E-state index < -0.39 is 5.41 Å². The summed E-state index contributed by atoms with van der Waals surface area (Å²) >= 11 is 0. The first-order valence-corrected chi connectivity index (χ1v) is 18.0. The summed E-state index contributed by atoms with van der Waals surface area (Å²) in [7, 11) is 0. The molecule has 1 heterocycles. The van der Waals surface area contributed by atoms with E-state index in [1.807, 2.05) is 6.07 Å². The smallest absolute Gasteiger partial charge is 0.135 e. The maximum absolute atomic E-state index is 6.46. The molecule has 0 saturated heterocycles. The van der Waals surface area contributed by atoms with E-state index in [0.717, 1.165) is 17.1 Å². The van der Waals surface area contributed by atoms with Gasteiger partial charge >= 0.3 is 0 Å². The zero-order valence-corrected chi connectivity index (χ0v) is 28.4. The molecular formula is C51H32O. The Hall–Kier alpha value is -6.70. The van der Waals surface area contributed by atoms with Crippen molar-refractivity contribution in [1.82, 2.24) is 0 Å². The van der Waals surface area contributed by atoms with Crippen LogP contribution in [0.1, 0.15) is 22.3 Å². The summed E-state index contributed by atoms with van der Waals surface area (Å²) in [6.45, 7) is 0. The molecule has 0 atom stereocenters. The van der Waals surface area contributed by atoms with Crippen LogP contribution in [0.25, 0.3) is 66.1 Å². The summed E-state index contributed by atoms with van der Waals surface area (Å²) in [6.07, 6.45) is 0. The molecule has 11 rings (SSSR count). The Balaban J connectivity index is 1.24. The van der Waals surface area contributed by atoms with Gasteiger partial charge in [-0.2, -0.15) is 0 Å². The lowest BCUT2D eigenvalue weighted by Gasteiger charge is -2.34. The zero-order valence-electron chi connectivity index (χ0n) is 28.4. The van der Waals surface area contributed by atoms with Crippen molar-refractivity contribution in [2.45, 2.75) is 5.41 Å². The first-order chi connectivity index (χ1) is 25.8. The van der Waals surface area contributed by atoms with Gasteiger partial charge in [0, 0.05) is 10.9 Å². The highest BCUT2D eigenvalue weighted by atomic mass is 16.5. The highest BCUT2D eigenvalue weighted by Gasteiger charge is 2.47. The summed E-state index contributed by atoms with van der Waals surface area (Å²) in [5.41, 5.74) is 14.5. The average Bonchev–Trinajstić information content (AvgIpc) is 3.51. The summed E-state index contributed by atoms with van der Waals surface area (Å²) in [4.78, 5) is 0. The first-order valence-electron chi connectivity index (χ1n) is 18.0. The van der Waals surface area contributed by atoms with Crippen molar-refractivity contribution in [2.75, 3.05) is 0 Å². The zero-order chi connectivity index (χ0) is 34.2. The molecule has 0 unspecified atom stereocenters. The molecule has 2 aliphatic rings. The van der Waals surface area contributed by atoms with Gasteiger partial charge in [0.25, 0.3) is 0 Å². The minimum Gasteiger partial charge on any atom is -0.456 e. The van der Waals surface area contributed by atoms with Crippen LogP contribution < -0.4 is 4.74 Å². The molecule has 1 heteroatoms. The average molecular weight is 661 g/mol. The van der Waals surface area contributed by atoms with E-state index in [1.54, 1.807) is 0 Å². The van der Waals surface area contributed by atoms with Gasteiger partial charge in [-0.1, -0.05) is 170 Å². The summed E-state index contributed by atoms with van der Waals surface area (Å²) in [5, 5.41) is 4.84. The third-order valence-corrected chi connectivity index (χ3v) is 11.3. The lowest BCUT2D eigenvalue weighted by Crippen LogP contribution is -2.28. The normalized spacial score (nSPS) is 13.3. The maximum atomic E-state index is 6.46. The quantitative estimate of drug-likeness (QED) is 0.183. The minimum absolute atomic E-state index is 0.493. The number of rotatable bonds is 4. The Kier molecular flexibility index (Phi) is 6.23. The molecular weight excluding hydrogens is 629 g/mol. The second-order valence-electron chi connectivity index (χ2n) is 13.9. The second-order valence-corrected chi connectivity index (χ2v) is 13.9. The number of para-hydroxylation sites is 1. The maximum Gasteiger partial charge on any atom is 0.135 e. The van der Waals surface area contributed by atoms with Crippen molar-refractivity contribution < 1.29 is 4.74 Å². The van der Waals surface area contributed by atoms with Crippen molar-refractivity contribution >= 4 is 21.5 Å². The van der Waals surface area contributed by atoms with E-state index in [2.05, 4.69) is 188 Å². The topological polar surface area (TPSA) is 9.23 Å². The lowest BCUT2D eigenvalue weighted by molar-refractivity contribution is 0.487. The van der Waals surface area contributed by atoms with Crippen LogP contribution in [0.2, 0.25) is 0 Å². The van der Waals surface area contributed by atoms with Crippen LogP contribution in [-0.2, 0) is 5.41 Å². The largest absolute Gasteiger partial charge is 0.456 e. The number of hydrogen-bond donors (Lipinski definition) is 0. The van der Waals surface area contributed by atoms with Gasteiger partial charge in [0.05, 0.1) is 5.41 Å². The van der Waals surface area contributed by atoms with Gasteiger partial charge in [-0.05, 0) is 102 Å². The molecule has 0 radical (unpaired) electrons. The molecule has 0 spiro atoms. The molecule has 9 aromatic carbocycles. The fourth-order valence-corrected chi connectivity index (χ4v) is 9.22. The highest BCUT2D eigenvalue weighted by molar-refractivity contribution is 6.13. The van der Waals surface area contributed by atoms with E-state index in [0.29, 0.717) is 0 Å². The van der Waals surface area contributed by atoms with Gasteiger partial charge in [0.15, 0.2) is 0 Å². The Labute approximate surface area is 303 Å². The van der Waals surface area contributed by atoms with Crippen LogP contribution in [0, 0.1) is 0 Å². The Bertz CT molecular complexity index is 2810. The molecule has 0 N–H and O–H groups in total. The van der Waals surface area contributed by atoms with E-state index >= 15 is 0 Å². The van der Waals surface area contributed by atoms with Crippen molar-refractivity contribution in [3.05, 3.63) is 216 Å². The Morgan fingerprint density at radius 1 is 0.346 bits per heavy atom. The van der Waals surface area contributed by atoms with Crippen LogP contribution in [-0.4, -0.2) is 0 Å². The van der Waals surface area contributed by atoms with Crippen LogP contribution >= 0.6 is 0 Å². The van der Waals surface area contributed by atoms with E-state index in [4.69, 9.17) is 4.74 Å². The summed E-state index contributed by atoms with van der Waals surface area (Å²) in [6, 6.07) is 71.1. The molecule has 0 aromatic heterocycles. The Morgan fingerprint density at radius 3 is 1.77 bits per heavy atom. The number of hydrogen-bond acceptors (Lipinski definition) is 1. The van der Waals surface area contributed by atoms with Crippen LogP contribution in [0.4, 0.5) is 0 Å². The van der Waals surface area contributed by atoms with E-state index in [1.165, 1.54) is 82.7 Å². The summed E-state index contributed by atoms with van der Waals surface area (Å²) in [5.74, 6) is 1.82. The molecule has 242 valence electrons. The van der Waals surface area contributed by atoms with E-state index in [9.17, 15) is 0 Å². The van der Waals surface area contributed by atoms with Crippen molar-refractivity contribution in [3.63, 3.8) is 0 Å². The van der Waals surface area contributed by atoms with Crippen LogP contribution in [0.5, 0.6) is 11.5 Å². The predicted octanol–water partition coefficient (Wildman–Crippen LogP) is 13.5. The fourth-order valence-electron chi connectivity index (χ4n) is 9.22. The van der Waals surface area contributed by atoms with Gasteiger partial charge in [-0.25, -0.2) is 0 Å². The fraction of sp³-hybridized carbons (Fsp3) is 0.0196. The molecule has 1 aliphatic carbocycles. The SMILES string of the molecule is c1ccc(-c2c3c(cc4cc(-c5ccc6c7c(cccc57)-c5ccccc5O6)ccc24)C(c2ccccc2)(c2ccccc2)c2ccccc2-3)cc1. The van der Waals surface area contributed by atoms with Gasteiger partial charge in [-0.15, -0.1) is 0 Å². The highest BCUT2D eigenvalue weighted by Crippen LogP contribution is 2.60. The molecule has 0 amide bonds. The number of fused-ring (bicyclic) bond motifs is 6. The third-order valence-electron chi connectivity index (χ3n) is 11.3. The third kappa shape index (κ3) is 3.99. The molecule has 0 saturated carbocycles. The molecule has 0 bridgehead atoms. The molecule has 1 aliphatic heterocycles. The predicted molar refractivity (Wildman–Crippen MR) is 215 cm³/mol. The monoisotopic (exact) mass is 660 g/mol. The number of benzene rings is 9. The summed E-state index contributed by atoms with van der Waals surface area (Å²) < 4.78 is 6.46. The van der Waals surface area contributed by atoms with Gasteiger partial charge in [0.1, 0.15) is 11.5 Å². The second kappa shape index (κ2) is 11.2. The van der Waals surface area contributed by atoms with Crippen molar-refractivity contribution in [2.24, 2.45) is 0 Å². The molecule has 52 heavy (non-hydrogen) atoms. The lowest BCUT2D eigenvalue weighted by atomic mass is 9.67. The van der Waals surface area contributed by atoms with Crippen molar-refractivity contribution in [1.29, 1.82) is 0 Å². The molecule has 0 fully saturated rings. The number of ether oxygens (including phenoxy) is 1. The van der Waals surface area contributed by atoms with Crippen LogP contribution in [0.3, 0.4) is 0 Å². The standard InChI is InChI=1S/C51H32O/c1-4-15-33(16-5-1)48-39-28-27-34(38-29-30-47-49-41(38)23-14-24-42(49)40-21-11-13-26-46(40)52-47)31-35(39)32-45-50(48)43-22-10-12-25-44(43)51(45,36-17-6-2-7-18-36)37-19-8-3-9-20-37/h1-32H. The molecule has 9 aromatic rings.